The first-order valence-electron chi connectivity index (χ1n) is 9.73. The van der Waals surface area contributed by atoms with Crippen LogP contribution in [-0.2, 0) is 9.53 Å². The number of carbonyl (C=O) groups excluding carboxylic acids is 1. The molecular weight excluding hydrogens is 455 g/mol. The molecule has 0 aliphatic heterocycles. The van der Waals surface area contributed by atoms with Crippen LogP contribution in [0.4, 0.5) is 0 Å². The number of fused-ring (bicyclic) bond motifs is 1. The van der Waals surface area contributed by atoms with Gasteiger partial charge in [-0.3, -0.25) is 4.79 Å². The maximum atomic E-state index is 12.5. The van der Waals surface area contributed by atoms with Gasteiger partial charge < -0.3 is 14.2 Å². The second-order valence-electron chi connectivity index (χ2n) is 8.65. The standard InChI is InChI=1S/C22H27IO4/c1-4-15-7-17(23)20(18(8-15)25-3)26-6-5-19(24)27-22-10-14(2)9-21(13-22)11-16(21)12-22/h4,7-8,14,16H,1,5-6,9-13H2,2-3H3. The van der Waals surface area contributed by atoms with Gasteiger partial charge in [0.15, 0.2) is 11.5 Å². The van der Waals surface area contributed by atoms with Gasteiger partial charge in [-0.05, 0) is 89.6 Å². The summed E-state index contributed by atoms with van der Waals surface area (Å²) in [5, 5.41) is 0. The third kappa shape index (κ3) is 3.59. The zero-order chi connectivity index (χ0) is 19.2. The molecule has 1 aromatic carbocycles. The third-order valence-electron chi connectivity index (χ3n) is 6.50. The maximum absolute atomic E-state index is 12.5. The van der Waals surface area contributed by atoms with Gasteiger partial charge in [0.05, 0.1) is 23.7 Å². The molecule has 0 radical (unpaired) electrons. The molecule has 3 saturated carbocycles. The molecule has 27 heavy (non-hydrogen) atoms. The highest BCUT2D eigenvalue weighted by Gasteiger charge is 2.69. The van der Waals surface area contributed by atoms with Crippen molar-refractivity contribution in [3.05, 3.63) is 27.8 Å². The van der Waals surface area contributed by atoms with Gasteiger partial charge in [0.2, 0.25) is 0 Å². The van der Waals surface area contributed by atoms with E-state index < -0.39 is 0 Å². The zero-order valence-electron chi connectivity index (χ0n) is 16.1. The van der Waals surface area contributed by atoms with Crippen molar-refractivity contribution in [3.63, 3.8) is 0 Å². The monoisotopic (exact) mass is 482 g/mol. The summed E-state index contributed by atoms with van der Waals surface area (Å²) in [4.78, 5) is 12.5. The summed E-state index contributed by atoms with van der Waals surface area (Å²) in [6.07, 6.45) is 7.87. The fraction of sp³-hybridized carbons (Fsp3) is 0.591. The van der Waals surface area contributed by atoms with E-state index in [0.717, 1.165) is 34.3 Å². The van der Waals surface area contributed by atoms with Gasteiger partial charge >= 0.3 is 5.97 Å². The number of benzene rings is 1. The van der Waals surface area contributed by atoms with Gasteiger partial charge in [-0.25, -0.2) is 0 Å². The molecule has 3 aliphatic rings. The highest BCUT2D eigenvalue weighted by Crippen LogP contribution is 2.73. The van der Waals surface area contributed by atoms with Crippen LogP contribution in [0.3, 0.4) is 0 Å². The number of rotatable bonds is 7. The van der Waals surface area contributed by atoms with E-state index in [1.165, 1.54) is 12.8 Å². The summed E-state index contributed by atoms with van der Waals surface area (Å²) in [7, 11) is 1.62. The summed E-state index contributed by atoms with van der Waals surface area (Å²) in [5.41, 5.74) is 1.28. The quantitative estimate of drug-likeness (QED) is 0.395. The second-order valence-corrected chi connectivity index (χ2v) is 9.81. The van der Waals surface area contributed by atoms with Gasteiger partial charge in [-0.2, -0.15) is 0 Å². The lowest BCUT2D eigenvalue weighted by atomic mass is 9.74. The Labute approximate surface area is 174 Å². The Bertz CT molecular complexity index is 772. The van der Waals surface area contributed by atoms with Crippen LogP contribution in [0.2, 0.25) is 0 Å². The first kappa shape index (κ1) is 19.1. The summed E-state index contributed by atoms with van der Waals surface area (Å²) in [6, 6.07) is 3.87. The van der Waals surface area contributed by atoms with Gasteiger partial charge in [0, 0.05) is 0 Å². The van der Waals surface area contributed by atoms with Crippen molar-refractivity contribution in [3.8, 4) is 11.5 Å². The second kappa shape index (κ2) is 6.98. The normalized spacial score (nSPS) is 33.1. The van der Waals surface area contributed by atoms with Crippen molar-refractivity contribution >= 4 is 34.6 Å². The predicted molar refractivity (Wildman–Crippen MR) is 113 cm³/mol. The molecule has 5 heteroatoms. The molecule has 3 aliphatic carbocycles. The Morgan fingerprint density at radius 1 is 1.33 bits per heavy atom. The van der Waals surface area contributed by atoms with Crippen LogP contribution in [0.5, 0.6) is 11.5 Å². The van der Waals surface area contributed by atoms with Gasteiger partial charge in [0.1, 0.15) is 5.60 Å². The molecule has 4 rings (SSSR count). The SMILES string of the molecule is C=Cc1cc(I)c(OCCC(=O)OC23CC(C)CC4(CC4C2)C3)c(OC)c1. The lowest BCUT2D eigenvalue weighted by molar-refractivity contribution is -0.165. The number of esters is 1. The van der Waals surface area contributed by atoms with E-state index in [0.29, 0.717) is 29.4 Å². The average Bonchev–Trinajstić information content (AvgIpc) is 3.16. The first-order chi connectivity index (χ1) is 12.9. The van der Waals surface area contributed by atoms with E-state index in [-0.39, 0.29) is 18.0 Å². The van der Waals surface area contributed by atoms with E-state index in [1.54, 1.807) is 13.2 Å². The molecule has 0 heterocycles. The molecule has 1 aromatic rings. The number of hydrogen-bond donors (Lipinski definition) is 0. The van der Waals surface area contributed by atoms with Crippen molar-refractivity contribution in [1.82, 2.24) is 0 Å². The third-order valence-corrected chi connectivity index (χ3v) is 7.30. The minimum absolute atomic E-state index is 0.141. The molecule has 0 amide bonds. The molecule has 1 spiro atoms. The van der Waals surface area contributed by atoms with Crippen LogP contribution in [-0.4, -0.2) is 25.3 Å². The summed E-state index contributed by atoms with van der Waals surface area (Å²) in [5.74, 6) is 2.63. The van der Waals surface area contributed by atoms with Crippen molar-refractivity contribution in [2.75, 3.05) is 13.7 Å². The van der Waals surface area contributed by atoms with Gasteiger partial charge in [-0.1, -0.05) is 19.6 Å². The Morgan fingerprint density at radius 3 is 2.89 bits per heavy atom. The lowest BCUT2D eigenvalue weighted by Gasteiger charge is -2.39. The van der Waals surface area contributed by atoms with Crippen LogP contribution >= 0.6 is 22.6 Å². The topological polar surface area (TPSA) is 44.8 Å². The van der Waals surface area contributed by atoms with Gasteiger partial charge in [0.25, 0.3) is 0 Å². The summed E-state index contributed by atoms with van der Waals surface area (Å²) in [6.45, 7) is 6.38. The average molecular weight is 482 g/mol. The highest BCUT2D eigenvalue weighted by atomic mass is 127. The first-order valence-corrected chi connectivity index (χ1v) is 10.8. The van der Waals surface area contributed by atoms with E-state index in [9.17, 15) is 4.79 Å². The molecule has 4 atom stereocenters. The molecule has 146 valence electrons. The Kier molecular flexibility index (Phi) is 4.93. The largest absolute Gasteiger partial charge is 0.493 e. The zero-order valence-corrected chi connectivity index (χ0v) is 18.2. The highest BCUT2D eigenvalue weighted by molar-refractivity contribution is 14.1. The Balaban J connectivity index is 1.34. The van der Waals surface area contributed by atoms with Crippen LogP contribution in [0.15, 0.2) is 18.7 Å². The van der Waals surface area contributed by atoms with Crippen LogP contribution in [0, 0.1) is 20.8 Å². The van der Waals surface area contributed by atoms with Crippen LogP contribution in [0.25, 0.3) is 6.08 Å². The summed E-state index contributed by atoms with van der Waals surface area (Å²) >= 11 is 2.21. The van der Waals surface area contributed by atoms with Crippen LogP contribution in [0.1, 0.15) is 51.0 Å². The van der Waals surface area contributed by atoms with E-state index in [4.69, 9.17) is 14.2 Å². The van der Waals surface area contributed by atoms with E-state index in [1.807, 2.05) is 12.1 Å². The molecule has 0 N–H and O–H groups in total. The van der Waals surface area contributed by atoms with E-state index >= 15 is 0 Å². The number of methoxy groups -OCH3 is 1. The molecule has 0 aromatic heterocycles. The predicted octanol–water partition coefficient (Wildman–Crippen LogP) is 5.22. The molecule has 3 fully saturated rings. The Hall–Kier alpha value is -1.24. The summed E-state index contributed by atoms with van der Waals surface area (Å²) < 4.78 is 18.3. The number of carbonyl (C=O) groups is 1. The van der Waals surface area contributed by atoms with Crippen molar-refractivity contribution in [2.45, 2.75) is 51.0 Å². The van der Waals surface area contributed by atoms with Crippen molar-refractivity contribution in [2.24, 2.45) is 17.3 Å². The fourth-order valence-electron chi connectivity index (χ4n) is 5.62. The van der Waals surface area contributed by atoms with E-state index in [2.05, 4.69) is 36.1 Å². The molecular formula is C22H27IO4. The van der Waals surface area contributed by atoms with Gasteiger partial charge in [-0.15, -0.1) is 0 Å². The van der Waals surface area contributed by atoms with Crippen molar-refractivity contribution < 1.29 is 19.0 Å². The maximum Gasteiger partial charge on any atom is 0.309 e. The molecule has 4 nitrogen and oxygen atoms in total. The molecule has 4 unspecified atom stereocenters. The molecule has 0 saturated heterocycles. The number of ether oxygens (including phenoxy) is 3. The Morgan fingerprint density at radius 2 is 2.15 bits per heavy atom. The van der Waals surface area contributed by atoms with Crippen molar-refractivity contribution in [1.29, 1.82) is 0 Å². The minimum Gasteiger partial charge on any atom is -0.493 e. The van der Waals surface area contributed by atoms with Crippen LogP contribution < -0.4 is 9.47 Å². The number of halogens is 1. The minimum atomic E-state index is -0.199. The smallest absolute Gasteiger partial charge is 0.309 e. The molecule has 2 bridgehead atoms. The lowest BCUT2D eigenvalue weighted by Crippen LogP contribution is -2.40. The fourth-order valence-corrected chi connectivity index (χ4v) is 6.41. The number of hydrogen-bond acceptors (Lipinski definition) is 4.